The number of thiophene rings is 1. The van der Waals surface area contributed by atoms with Crippen molar-refractivity contribution in [2.45, 2.75) is 56.3 Å². The number of carbonyl (C=O) groups is 6. The number of carboxylic acids is 1. The zero-order valence-electron chi connectivity index (χ0n) is 27.9. The average molecular weight is 708 g/mol. The van der Waals surface area contributed by atoms with Gasteiger partial charge in [0.05, 0.1) is 0 Å². The van der Waals surface area contributed by atoms with E-state index in [2.05, 4.69) is 26.6 Å². The number of nitrogens with one attached hydrogen (secondary N) is 5. The first kappa shape index (κ1) is 36.5. The first-order valence-corrected chi connectivity index (χ1v) is 17.4. The molecule has 1 unspecified atom stereocenters. The van der Waals surface area contributed by atoms with Crippen molar-refractivity contribution in [3.63, 3.8) is 0 Å². The molecule has 2 aliphatic heterocycles. The van der Waals surface area contributed by atoms with Gasteiger partial charge < -0.3 is 31.7 Å². The maximum atomic E-state index is 14.1. The second-order valence-corrected chi connectivity index (χ2v) is 13.4. The van der Waals surface area contributed by atoms with Crippen LogP contribution in [0.15, 0.2) is 96.4 Å². The summed E-state index contributed by atoms with van der Waals surface area (Å²) in [6, 6.07) is 20.9. The molecule has 3 aromatic carbocycles. The topological polar surface area (TPSA) is 183 Å². The predicted octanol–water partition coefficient (Wildman–Crippen LogP) is 1.16. The quantitative estimate of drug-likeness (QED) is 0.123. The summed E-state index contributed by atoms with van der Waals surface area (Å²) >= 11 is 1.41. The molecule has 12 nitrogen and oxygen atoms in total. The molecule has 0 aliphatic carbocycles. The third-order valence-electron chi connectivity index (χ3n) is 8.39. The summed E-state index contributed by atoms with van der Waals surface area (Å²) in [7, 11) is 1.92. The van der Waals surface area contributed by atoms with Crippen LogP contribution in [0.5, 0.6) is 0 Å². The molecule has 0 saturated carbocycles. The van der Waals surface area contributed by atoms with Crippen LogP contribution in [-0.2, 0) is 48.0 Å². The average Bonchev–Trinajstić information content (AvgIpc) is 3.63. The lowest BCUT2D eigenvalue weighted by atomic mass is 9.93. The minimum absolute atomic E-state index is 0.0258. The van der Waals surface area contributed by atoms with Crippen molar-refractivity contribution >= 4 is 65.8 Å². The molecule has 0 spiro atoms. The number of amides is 5. The van der Waals surface area contributed by atoms with E-state index < -0.39 is 59.7 Å². The van der Waals surface area contributed by atoms with Gasteiger partial charge in [-0.3, -0.25) is 24.0 Å². The molecule has 262 valence electrons. The Morgan fingerprint density at radius 2 is 1.22 bits per heavy atom. The minimum atomic E-state index is -1.48. The summed E-state index contributed by atoms with van der Waals surface area (Å²) < 4.78 is 0. The van der Waals surface area contributed by atoms with Crippen LogP contribution in [0, 0.1) is 0 Å². The lowest BCUT2D eigenvalue weighted by molar-refractivity contribution is -0.142. The second-order valence-electron chi connectivity index (χ2n) is 12.4. The van der Waals surface area contributed by atoms with E-state index in [1.54, 1.807) is 30.3 Å². The fraction of sp³-hybridized carbons (Fsp3) is 0.243. The Morgan fingerprint density at radius 1 is 0.647 bits per heavy atom. The molecule has 0 saturated heterocycles. The van der Waals surface area contributed by atoms with Crippen LogP contribution in [0.3, 0.4) is 0 Å². The number of carboxylic acid groups (broad SMARTS) is 1. The van der Waals surface area contributed by atoms with Crippen molar-refractivity contribution < 1.29 is 33.9 Å². The molecule has 4 atom stereocenters. The third-order valence-corrected chi connectivity index (χ3v) is 9.29. The Labute approximate surface area is 299 Å². The number of aliphatic carboxylic acids is 1. The van der Waals surface area contributed by atoms with Gasteiger partial charge in [-0.15, -0.1) is 11.3 Å². The zero-order chi connectivity index (χ0) is 36.3. The number of hydrogen-bond acceptors (Lipinski definition) is 7. The number of fused-ring (bicyclic) bond motifs is 17. The van der Waals surface area contributed by atoms with Gasteiger partial charge in [-0.05, 0) is 40.3 Å². The lowest BCUT2D eigenvalue weighted by Crippen LogP contribution is -2.58. The summed E-state index contributed by atoms with van der Waals surface area (Å²) in [5.41, 5.74) is 3.03. The monoisotopic (exact) mass is 707 g/mol. The normalized spacial score (nSPS) is 20.7. The second kappa shape index (κ2) is 17.3. The third kappa shape index (κ3) is 10.6. The van der Waals surface area contributed by atoms with Crippen LogP contribution < -0.4 is 32.0 Å². The number of benzene rings is 3. The van der Waals surface area contributed by atoms with Crippen molar-refractivity contribution in [2.75, 3.05) is 5.32 Å². The molecule has 5 amide bonds. The highest BCUT2D eigenvalue weighted by molar-refractivity contribution is 7.09. The Hall–Kier alpha value is -5.76. The highest BCUT2D eigenvalue weighted by Crippen LogP contribution is 2.19. The molecular weight excluding hydrogens is 669 g/mol. The molecule has 4 aromatic rings. The van der Waals surface area contributed by atoms with E-state index in [0.717, 1.165) is 15.9 Å². The Kier molecular flexibility index (Phi) is 12.4. The zero-order valence-corrected chi connectivity index (χ0v) is 28.7. The van der Waals surface area contributed by atoms with Crippen molar-refractivity contribution in [2.24, 2.45) is 0 Å². The molecule has 6 rings (SSSR count). The molecule has 14 heteroatoms. The molecule has 1 aromatic heterocycles. The van der Waals surface area contributed by atoms with Crippen LogP contribution in [-0.4, -0.2) is 66.6 Å². The number of rotatable bonds is 7. The maximum Gasteiger partial charge on any atom is 0.330 e. The van der Waals surface area contributed by atoms with Crippen LogP contribution in [0.4, 0.5) is 5.69 Å². The molecular formula is C37H38BN5O7S. The van der Waals surface area contributed by atoms with E-state index in [4.69, 9.17) is 0 Å². The van der Waals surface area contributed by atoms with Crippen molar-refractivity contribution in [3.8, 4) is 0 Å². The summed E-state index contributed by atoms with van der Waals surface area (Å²) in [5, 5.41) is 25.5. The molecule has 2 bridgehead atoms. The van der Waals surface area contributed by atoms with Crippen LogP contribution in [0.2, 0.25) is 0 Å². The van der Waals surface area contributed by atoms with E-state index in [-0.39, 0.29) is 37.7 Å². The minimum Gasteiger partial charge on any atom is -0.479 e. The summed E-state index contributed by atoms with van der Waals surface area (Å²) in [6.07, 6.45) is -0.169. The predicted molar refractivity (Wildman–Crippen MR) is 195 cm³/mol. The van der Waals surface area contributed by atoms with E-state index >= 15 is 0 Å². The largest absolute Gasteiger partial charge is 0.479 e. The Morgan fingerprint density at radius 3 is 1.80 bits per heavy atom. The first-order valence-electron chi connectivity index (χ1n) is 16.5. The van der Waals surface area contributed by atoms with Crippen LogP contribution in [0.1, 0.15) is 40.5 Å². The van der Waals surface area contributed by atoms with Gasteiger partial charge in [0, 0.05) is 42.7 Å². The molecule has 0 radical (unpaired) electrons. The maximum absolute atomic E-state index is 14.1. The molecule has 3 heterocycles. The molecule has 51 heavy (non-hydrogen) atoms. The fourth-order valence-corrected chi connectivity index (χ4v) is 6.37. The Bertz CT molecular complexity index is 1850. The lowest BCUT2D eigenvalue weighted by Gasteiger charge is -2.26. The first-order chi connectivity index (χ1) is 24.5. The SMILES string of the molecule is Bc1ccc(C[C@@H]2NC(=O)[C@@H](Cc3cccs3)NC(=O)CCC(=O)Nc3ccc(cc3)C(C(=O)O)NC(=O)[C@@H](Cc3ccccc3)NC2=O)cc1. The van der Waals surface area contributed by atoms with Crippen molar-refractivity contribution in [3.05, 3.63) is 118 Å². The van der Waals surface area contributed by atoms with Gasteiger partial charge >= 0.3 is 5.97 Å². The summed E-state index contributed by atoms with van der Waals surface area (Å²) in [5.74, 6) is -4.39. The highest BCUT2D eigenvalue weighted by atomic mass is 32.1. The number of carbonyl (C=O) groups excluding carboxylic acids is 5. The highest BCUT2D eigenvalue weighted by Gasteiger charge is 2.32. The molecule has 0 fully saturated rings. The van der Waals surface area contributed by atoms with E-state index in [0.29, 0.717) is 11.3 Å². The number of anilines is 1. The molecule has 6 N–H and O–H groups in total. The van der Waals surface area contributed by atoms with Gasteiger partial charge in [0.25, 0.3) is 0 Å². The Balaban J connectivity index is 1.52. The van der Waals surface area contributed by atoms with Crippen LogP contribution in [0.25, 0.3) is 0 Å². The van der Waals surface area contributed by atoms with Gasteiger partial charge in [0.1, 0.15) is 26.0 Å². The van der Waals surface area contributed by atoms with Gasteiger partial charge in [-0.25, -0.2) is 4.79 Å². The van der Waals surface area contributed by atoms with Crippen molar-refractivity contribution in [1.82, 2.24) is 21.3 Å². The van der Waals surface area contributed by atoms with Gasteiger partial charge in [0.15, 0.2) is 6.04 Å². The van der Waals surface area contributed by atoms with Gasteiger partial charge in [0.2, 0.25) is 29.5 Å². The van der Waals surface area contributed by atoms with E-state index in [9.17, 15) is 33.9 Å². The van der Waals surface area contributed by atoms with Crippen LogP contribution >= 0.6 is 11.3 Å². The fourth-order valence-electron chi connectivity index (χ4n) is 5.62. The number of hydrogen-bond donors (Lipinski definition) is 6. The summed E-state index contributed by atoms with van der Waals surface area (Å²) in [4.78, 5) is 80.9. The van der Waals surface area contributed by atoms with Gasteiger partial charge in [-0.1, -0.05) is 78.3 Å². The molecule has 2 aliphatic rings. The van der Waals surface area contributed by atoms with E-state index in [1.165, 1.54) is 35.6 Å². The van der Waals surface area contributed by atoms with Gasteiger partial charge in [-0.2, -0.15) is 0 Å². The summed E-state index contributed by atoms with van der Waals surface area (Å²) in [6.45, 7) is 0. The standard InChI is InChI=1S/C37H38BN5O7S/c38-25-12-8-23(9-13-25)20-28-34(46)42-29(19-22-5-2-1-3-6-22)36(48)43-33(37(49)50)24-10-14-26(15-11-24)39-31(44)16-17-32(45)40-30(35(47)41-28)21-27-7-4-18-51-27/h1-15,18,28-30,33H,16-17,19-21,38H2,(H,39,44)(H,40,45)(H,41,47)(H,42,46)(H,43,48)(H,49,50)/t28-,29+,30+,33?/m0/s1. The van der Waals surface area contributed by atoms with Crippen molar-refractivity contribution in [1.29, 1.82) is 0 Å². The van der Waals surface area contributed by atoms with E-state index in [1.807, 2.05) is 49.6 Å². The smallest absolute Gasteiger partial charge is 0.330 e.